The third kappa shape index (κ3) is 4.36. The number of nitrogens with two attached hydrogens (primary N) is 1. The minimum Gasteiger partial charge on any atom is -0.369 e. The van der Waals surface area contributed by atoms with Crippen molar-refractivity contribution in [2.75, 3.05) is 23.8 Å². The summed E-state index contributed by atoms with van der Waals surface area (Å²) in [5, 5.41) is 5.90. The van der Waals surface area contributed by atoms with Gasteiger partial charge in [0.1, 0.15) is 18.0 Å². The van der Waals surface area contributed by atoms with Crippen LogP contribution >= 0.6 is 0 Å². The van der Waals surface area contributed by atoms with E-state index >= 15 is 0 Å². The largest absolute Gasteiger partial charge is 0.369 e. The molecule has 1 rings (SSSR count). The number of carbonyl (C=O) groups excluding carboxylic acids is 1. The molecule has 1 heterocycles. The smallest absolute Gasteiger partial charge is 0.221 e. The molecule has 0 aliphatic heterocycles. The monoisotopic (exact) mass is 266 g/mol. The second kappa shape index (κ2) is 7.52. The van der Waals surface area contributed by atoms with Crippen LogP contribution in [0.25, 0.3) is 0 Å². The molecule has 0 unspecified atom stereocenters. The van der Waals surface area contributed by atoms with Crippen LogP contribution in [0.4, 0.5) is 11.6 Å². The van der Waals surface area contributed by atoms with Gasteiger partial charge in [-0.25, -0.2) is 15.8 Å². The van der Waals surface area contributed by atoms with Crippen molar-refractivity contribution in [3.05, 3.63) is 11.9 Å². The molecule has 19 heavy (non-hydrogen) atoms. The first kappa shape index (κ1) is 15.2. The second-order valence-corrected chi connectivity index (χ2v) is 4.41. The number of amides is 1. The van der Waals surface area contributed by atoms with E-state index in [0.717, 1.165) is 5.56 Å². The lowest BCUT2D eigenvalue weighted by Crippen LogP contribution is -2.25. The summed E-state index contributed by atoms with van der Waals surface area (Å²) in [6, 6.07) is 0. The zero-order valence-corrected chi connectivity index (χ0v) is 11.7. The van der Waals surface area contributed by atoms with E-state index in [2.05, 4.69) is 26.0 Å². The average molecular weight is 266 g/mol. The fourth-order valence-electron chi connectivity index (χ4n) is 1.78. The van der Waals surface area contributed by atoms with E-state index in [-0.39, 0.29) is 11.8 Å². The summed E-state index contributed by atoms with van der Waals surface area (Å²) >= 11 is 0. The number of rotatable bonds is 7. The van der Waals surface area contributed by atoms with E-state index in [9.17, 15) is 4.79 Å². The molecule has 5 N–H and O–H groups in total. The Morgan fingerprint density at radius 2 is 2.05 bits per heavy atom. The van der Waals surface area contributed by atoms with Crippen molar-refractivity contribution in [3.8, 4) is 0 Å². The Morgan fingerprint density at radius 3 is 2.63 bits per heavy atom. The molecule has 1 aromatic rings. The lowest BCUT2D eigenvalue weighted by Gasteiger charge is -2.16. The van der Waals surface area contributed by atoms with Gasteiger partial charge in [0.05, 0.1) is 0 Å². The first-order valence-electron chi connectivity index (χ1n) is 6.42. The zero-order valence-electron chi connectivity index (χ0n) is 11.7. The summed E-state index contributed by atoms with van der Waals surface area (Å²) in [4.78, 5) is 19.6. The van der Waals surface area contributed by atoms with Crippen molar-refractivity contribution in [2.24, 2.45) is 5.84 Å². The number of hydrazine groups is 1. The molecule has 0 spiro atoms. The standard InChI is InChI=1S/C12H22N6O/c1-4-14-9(19)5-6-15-11-10(8(2)3)12(18-13)17-7-16-11/h7-8H,4-6,13H2,1-3H3,(H,14,19)(H2,15,16,17,18). The van der Waals surface area contributed by atoms with Crippen molar-refractivity contribution in [1.82, 2.24) is 15.3 Å². The molecule has 0 aliphatic rings. The van der Waals surface area contributed by atoms with Crippen molar-refractivity contribution < 1.29 is 4.79 Å². The first-order chi connectivity index (χ1) is 9.10. The van der Waals surface area contributed by atoms with Crippen molar-refractivity contribution in [1.29, 1.82) is 0 Å². The van der Waals surface area contributed by atoms with Crippen LogP contribution in [-0.4, -0.2) is 29.0 Å². The maximum atomic E-state index is 11.4. The highest BCUT2D eigenvalue weighted by atomic mass is 16.1. The predicted molar refractivity (Wildman–Crippen MR) is 75.7 cm³/mol. The Kier molecular flexibility index (Phi) is 6.01. The molecule has 1 amide bonds. The molecule has 0 radical (unpaired) electrons. The van der Waals surface area contributed by atoms with Gasteiger partial charge in [0.25, 0.3) is 0 Å². The Labute approximate surface area is 113 Å². The maximum absolute atomic E-state index is 11.4. The number of hydrogen-bond donors (Lipinski definition) is 4. The van der Waals surface area contributed by atoms with Crippen LogP contribution in [0.15, 0.2) is 6.33 Å². The molecule has 106 valence electrons. The van der Waals surface area contributed by atoms with Gasteiger partial charge in [-0.1, -0.05) is 13.8 Å². The Balaban J connectivity index is 2.70. The van der Waals surface area contributed by atoms with Crippen LogP contribution in [0.3, 0.4) is 0 Å². The van der Waals surface area contributed by atoms with Crippen molar-refractivity contribution in [2.45, 2.75) is 33.1 Å². The van der Waals surface area contributed by atoms with E-state index in [1.807, 2.05) is 20.8 Å². The quantitative estimate of drug-likeness (QED) is 0.430. The highest BCUT2D eigenvalue weighted by molar-refractivity contribution is 5.76. The molecule has 1 aromatic heterocycles. The molecule has 0 atom stereocenters. The molecule has 0 fully saturated rings. The molecule has 7 nitrogen and oxygen atoms in total. The van der Waals surface area contributed by atoms with Gasteiger partial charge in [0, 0.05) is 25.1 Å². The summed E-state index contributed by atoms with van der Waals surface area (Å²) in [5.74, 6) is 7.00. The van der Waals surface area contributed by atoms with Gasteiger partial charge in [0.15, 0.2) is 0 Å². The second-order valence-electron chi connectivity index (χ2n) is 4.41. The molecule has 0 aromatic carbocycles. The number of nitrogens with one attached hydrogen (secondary N) is 3. The summed E-state index contributed by atoms with van der Waals surface area (Å²) in [5.41, 5.74) is 3.48. The third-order valence-electron chi connectivity index (χ3n) is 2.62. The zero-order chi connectivity index (χ0) is 14.3. The SMILES string of the molecule is CCNC(=O)CCNc1ncnc(NN)c1C(C)C. The van der Waals surface area contributed by atoms with Gasteiger partial charge in [-0.3, -0.25) is 4.79 Å². The maximum Gasteiger partial charge on any atom is 0.221 e. The third-order valence-corrected chi connectivity index (χ3v) is 2.62. The molecule has 0 saturated heterocycles. The van der Waals surface area contributed by atoms with Crippen molar-refractivity contribution >= 4 is 17.5 Å². The lowest BCUT2D eigenvalue weighted by atomic mass is 10.0. The molecular formula is C12H22N6O. The number of nitrogen functional groups attached to an aromatic ring is 1. The molecule has 0 aliphatic carbocycles. The minimum atomic E-state index is 0.0207. The number of anilines is 2. The van der Waals surface area contributed by atoms with Gasteiger partial charge in [-0.05, 0) is 12.8 Å². The van der Waals surface area contributed by atoms with Crippen LogP contribution in [-0.2, 0) is 4.79 Å². The average Bonchev–Trinajstić information content (AvgIpc) is 2.38. The van der Waals surface area contributed by atoms with E-state index in [4.69, 9.17) is 5.84 Å². The van der Waals surface area contributed by atoms with E-state index < -0.39 is 0 Å². The van der Waals surface area contributed by atoms with E-state index in [1.54, 1.807) is 0 Å². The summed E-state index contributed by atoms with van der Waals surface area (Å²) in [6.07, 6.45) is 1.84. The minimum absolute atomic E-state index is 0.0207. The predicted octanol–water partition coefficient (Wildman–Crippen LogP) is 0.824. The number of aromatic nitrogens is 2. The summed E-state index contributed by atoms with van der Waals surface area (Å²) < 4.78 is 0. The van der Waals surface area contributed by atoms with Gasteiger partial charge < -0.3 is 16.1 Å². The first-order valence-corrected chi connectivity index (χ1v) is 6.42. The fraction of sp³-hybridized carbons (Fsp3) is 0.583. The van der Waals surface area contributed by atoms with Crippen LogP contribution in [0.1, 0.15) is 38.7 Å². The summed E-state index contributed by atoms with van der Waals surface area (Å²) in [7, 11) is 0. The highest BCUT2D eigenvalue weighted by Crippen LogP contribution is 2.27. The Morgan fingerprint density at radius 1 is 1.37 bits per heavy atom. The highest BCUT2D eigenvalue weighted by Gasteiger charge is 2.14. The van der Waals surface area contributed by atoms with Crippen molar-refractivity contribution in [3.63, 3.8) is 0 Å². The molecular weight excluding hydrogens is 244 g/mol. The van der Waals surface area contributed by atoms with Gasteiger partial charge in [-0.15, -0.1) is 0 Å². The lowest BCUT2D eigenvalue weighted by molar-refractivity contribution is -0.120. The number of hydrogen-bond acceptors (Lipinski definition) is 6. The van der Waals surface area contributed by atoms with Crippen LogP contribution in [0.2, 0.25) is 0 Å². The van der Waals surface area contributed by atoms with Gasteiger partial charge in [0.2, 0.25) is 5.91 Å². The molecule has 7 heteroatoms. The topological polar surface area (TPSA) is 105 Å². The molecule has 0 saturated carbocycles. The summed E-state index contributed by atoms with van der Waals surface area (Å²) in [6.45, 7) is 7.13. The van der Waals surface area contributed by atoms with Crippen LogP contribution in [0.5, 0.6) is 0 Å². The van der Waals surface area contributed by atoms with E-state index in [1.165, 1.54) is 6.33 Å². The Hall–Kier alpha value is -1.89. The fourth-order valence-corrected chi connectivity index (χ4v) is 1.78. The van der Waals surface area contributed by atoms with E-state index in [0.29, 0.717) is 31.1 Å². The normalized spacial score (nSPS) is 10.4. The van der Waals surface area contributed by atoms with Gasteiger partial charge in [-0.2, -0.15) is 0 Å². The Bertz CT molecular complexity index is 421. The van der Waals surface area contributed by atoms with Gasteiger partial charge >= 0.3 is 0 Å². The number of carbonyl (C=O) groups is 1. The number of nitrogens with zero attached hydrogens (tertiary/aromatic N) is 2. The molecule has 0 bridgehead atoms. The van der Waals surface area contributed by atoms with Crippen LogP contribution < -0.4 is 21.9 Å². The van der Waals surface area contributed by atoms with Crippen LogP contribution in [0, 0.1) is 0 Å².